The van der Waals surface area contributed by atoms with Crippen molar-refractivity contribution in [2.45, 2.75) is 19.8 Å². The Morgan fingerprint density at radius 1 is 1.17 bits per heavy atom. The Balaban J connectivity index is 1.51. The van der Waals surface area contributed by atoms with E-state index >= 15 is 0 Å². The van der Waals surface area contributed by atoms with Crippen molar-refractivity contribution >= 4 is 17.5 Å². The molecule has 3 N–H and O–H groups in total. The number of benzene rings is 2. The number of H-pyrrole nitrogens is 1. The number of amides is 2. The van der Waals surface area contributed by atoms with Gasteiger partial charge >= 0.3 is 5.76 Å². The van der Waals surface area contributed by atoms with Crippen molar-refractivity contribution in [3.05, 3.63) is 64.6 Å². The minimum absolute atomic E-state index is 0.196. The van der Waals surface area contributed by atoms with Gasteiger partial charge in [-0.1, -0.05) is 30.6 Å². The van der Waals surface area contributed by atoms with Crippen LogP contribution in [0.5, 0.6) is 5.75 Å². The van der Waals surface area contributed by atoms with Crippen molar-refractivity contribution in [1.29, 1.82) is 0 Å². The highest BCUT2D eigenvalue weighted by Crippen LogP contribution is 2.18. The first kappa shape index (κ1) is 20.8. The van der Waals surface area contributed by atoms with Gasteiger partial charge in [-0.3, -0.25) is 19.1 Å². The lowest BCUT2D eigenvalue weighted by Crippen LogP contribution is -2.32. The van der Waals surface area contributed by atoms with E-state index in [0.29, 0.717) is 29.2 Å². The second kappa shape index (κ2) is 10.1. The van der Waals surface area contributed by atoms with E-state index < -0.39 is 11.7 Å². The van der Waals surface area contributed by atoms with E-state index in [-0.39, 0.29) is 18.3 Å². The first-order valence-electron chi connectivity index (χ1n) is 9.52. The molecule has 0 fully saturated rings. The summed E-state index contributed by atoms with van der Waals surface area (Å²) in [6.45, 7) is 2.52. The van der Waals surface area contributed by atoms with E-state index in [1.165, 1.54) is 0 Å². The molecule has 0 atom stereocenters. The zero-order chi connectivity index (χ0) is 21.3. The van der Waals surface area contributed by atoms with Gasteiger partial charge in [0.25, 0.3) is 5.91 Å². The van der Waals surface area contributed by atoms with E-state index in [0.717, 1.165) is 12.8 Å². The molecule has 2 amide bonds. The molecule has 0 unspecified atom stereocenters. The van der Waals surface area contributed by atoms with Gasteiger partial charge in [-0.15, -0.1) is 0 Å². The predicted octanol–water partition coefficient (Wildman–Crippen LogP) is 2.58. The number of hydrogen-bond donors (Lipinski definition) is 3. The van der Waals surface area contributed by atoms with Crippen LogP contribution in [0.4, 0.5) is 5.69 Å². The highest BCUT2D eigenvalue weighted by molar-refractivity contribution is 5.99. The van der Waals surface area contributed by atoms with Crippen LogP contribution in [0.2, 0.25) is 0 Å². The molecule has 0 aliphatic heterocycles. The van der Waals surface area contributed by atoms with Gasteiger partial charge < -0.3 is 15.4 Å². The molecule has 0 aliphatic carbocycles. The third-order valence-corrected chi connectivity index (χ3v) is 4.15. The number of carbonyl (C=O) groups excluding carboxylic acids is 2. The molecule has 9 heteroatoms. The van der Waals surface area contributed by atoms with Gasteiger partial charge in [-0.25, -0.2) is 4.79 Å². The molecule has 0 aliphatic rings. The summed E-state index contributed by atoms with van der Waals surface area (Å²) in [7, 11) is 0. The SMILES string of the molecule is CCCCOc1ccc(C(=O)NCC(=O)Nc2cccc(-c3noc(=O)[nH]3)c2)cc1. The molecular formula is C21H22N4O5. The van der Waals surface area contributed by atoms with Crippen molar-refractivity contribution in [3.8, 4) is 17.1 Å². The van der Waals surface area contributed by atoms with Crippen molar-refractivity contribution in [2.24, 2.45) is 0 Å². The smallest absolute Gasteiger partial charge is 0.439 e. The number of nitrogens with zero attached hydrogens (tertiary/aromatic N) is 1. The number of aromatic nitrogens is 2. The molecule has 1 heterocycles. The fourth-order valence-electron chi connectivity index (χ4n) is 2.60. The van der Waals surface area contributed by atoms with E-state index in [1.54, 1.807) is 48.5 Å². The van der Waals surface area contributed by atoms with Crippen LogP contribution in [0.25, 0.3) is 11.4 Å². The Morgan fingerprint density at radius 2 is 1.97 bits per heavy atom. The quantitative estimate of drug-likeness (QED) is 0.466. The monoisotopic (exact) mass is 410 g/mol. The molecule has 30 heavy (non-hydrogen) atoms. The highest BCUT2D eigenvalue weighted by atomic mass is 16.5. The number of ether oxygens (including phenoxy) is 1. The van der Waals surface area contributed by atoms with Crippen LogP contribution in [-0.2, 0) is 4.79 Å². The number of aromatic amines is 1. The average Bonchev–Trinajstić information content (AvgIpc) is 3.19. The Morgan fingerprint density at radius 3 is 2.67 bits per heavy atom. The standard InChI is InChI=1S/C21H22N4O5/c1-2-3-11-29-17-9-7-14(8-10-17)20(27)22-13-18(26)23-16-6-4-5-15(12-16)19-24-21(28)30-25-19/h4-10,12H,2-3,11,13H2,1H3,(H,22,27)(H,23,26)(H,24,25,28). The summed E-state index contributed by atoms with van der Waals surface area (Å²) in [6, 6.07) is 13.5. The van der Waals surface area contributed by atoms with Crippen LogP contribution in [0.1, 0.15) is 30.1 Å². The minimum Gasteiger partial charge on any atom is -0.494 e. The zero-order valence-electron chi connectivity index (χ0n) is 16.4. The molecule has 156 valence electrons. The van der Waals surface area contributed by atoms with Gasteiger partial charge in [-0.05, 0) is 42.8 Å². The van der Waals surface area contributed by atoms with Gasteiger partial charge in [0.2, 0.25) is 5.91 Å². The van der Waals surface area contributed by atoms with Crippen LogP contribution in [-0.4, -0.2) is 35.1 Å². The summed E-state index contributed by atoms with van der Waals surface area (Å²) >= 11 is 0. The second-order valence-electron chi connectivity index (χ2n) is 6.48. The Hall–Kier alpha value is -3.88. The van der Waals surface area contributed by atoms with Crippen LogP contribution < -0.4 is 21.1 Å². The molecule has 0 radical (unpaired) electrons. The fourth-order valence-corrected chi connectivity index (χ4v) is 2.60. The Kier molecular flexibility index (Phi) is 6.99. The van der Waals surface area contributed by atoms with E-state index in [9.17, 15) is 14.4 Å². The molecular weight excluding hydrogens is 388 g/mol. The number of anilines is 1. The van der Waals surface area contributed by atoms with Gasteiger partial charge in [0.1, 0.15) is 5.75 Å². The topological polar surface area (TPSA) is 126 Å². The molecule has 3 rings (SSSR count). The van der Waals surface area contributed by atoms with Crippen molar-refractivity contribution in [3.63, 3.8) is 0 Å². The first-order valence-corrected chi connectivity index (χ1v) is 9.52. The number of rotatable bonds is 9. The van der Waals surface area contributed by atoms with Crippen molar-refractivity contribution in [2.75, 3.05) is 18.5 Å². The molecule has 0 saturated carbocycles. The van der Waals surface area contributed by atoms with Gasteiger partial charge in [0.05, 0.1) is 13.2 Å². The van der Waals surface area contributed by atoms with Crippen LogP contribution in [0.3, 0.4) is 0 Å². The summed E-state index contributed by atoms with van der Waals surface area (Å²) in [6.07, 6.45) is 2.02. The predicted molar refractivity (Wildman–Crippen MR) is 110 cm³/mol. The molecule has 3 aromatic rings. The summed E-state index contributed by atoms with van der Waals surface area (Å²) in [5, 5.41) is 8.86. The minimum atomic E-state index is -0.664. The lowest BCUT2D eigenvalue weighted by Gasteiger charge is -2.09. The number of nitrogens with one attached hydrogen (secondary N) is 3. The second-order valence-corrected chi connectivity index (χ2v) is 6.48. The molecule has 0 bridgehead atoms. The molecule has 0 saturated heterocycles. The van der Waals surface area contributed by atoms with Crippen LogP contribution in [0, 0.1) is 0 Å². The van der Waals surface area contributed by atoms with Crippen LogP contribution >= 0.6 is 0 Å². The Bertz CT molecular complexity index is 1060. The number of carbonyl (C=O) groups is 2. The lowest BCUT2D eigenvalue weighted by atomic mass is 10.2. The van der Waals surface area contributed by atoms with E-state index in [2.05, 4.69) is 32.2 Å². The van der Waals surface area contributed by atoms with Crippen LogP contribution in [0.15, 0.2) is 57.8 Å². The molecule has 2 aromatic carbocycles. The maximum atomic E-state index is 12.2. The third-order valence-electron chi connectivity index (χ3n) is 4.15. The first-order chi connectivity index (χ1) is 14.5. The van der Waals surface area contributed by atoms with Gasteiger partial charge in [-0.2, -0.15) is 0 Å². The maximum Gasteiger partial charge on any atom is 0.439 e. The number of unbranched alkanes of at least 4 members (excludes halogenated alkanes) is 1. The fraction of sp³-hybridized carbons (Fsp3) is 0.238. The highest BCUT2D eigenvalue weighted by Gasteiger charge is 2.10. The largest absolute Gasteiger partial charge is 0.494 e. The lowest BCUT2D eigenvalue weighted by molar-refractivity contribution is -0.115. The summed E-state index contributed by atoms with van der Waals surface area (Å²) < 4.78 is 10.0. The maximum absolute atomic E-state index is 12.2. The van der Waals surface area contributed by atoms with E-state index in [1.807, 2.05) is 0 Å². The molecule has 9 nitrogen and oxygen atoms in total. The van der Waals surface area contributed by atoms with E-state index in [4.69, 9.17) is 4.74 Å². The Labute approximate surface area is 172 Å². The van der Waals surface area contributed by atoms with Gasteiger partial charge in [0, 0.05) is 16.8 Å². The normalized spacial score (nSPS) is 10.4. The van der Waals surface area contributed by atoms with Crippen molar-refractivity contribution in [1.82, 2.24) is 15.5 Å². The molecule has 1 aromatic heterocycles. The van der Waals surface area contributed by atoms with Gasteiger partial charge in [0.15, 0.2) is 5.82 Å². The average molecular weight is 410 g/mol. The summed E-state index contributed by atoms with van der Waals surface area (Å²) in [5.74, 6) is -0.465. The number of hydrogen-bond acceptors (Lipinski definition) is 6. The summed E-state index contributed by atoms with van der Waals surface area (Å²) in [5.41, 5.74) is 1.50. The summed E-state index contributed by atoms with van der Waals surface area (Å²) in [4.78, 5) is 37.9. The third kappa shape index (κ3) is 5.81. The van der Waals surface area contributed by atoms with Crippen molar-refractivity contribution < 1.29 is 18.8 Å². The zero-order valence-corrected chi connectivity index (χ0v) is 16.4. The molecule has 0 spiro atoms.